The van der Waals surface area contributed by atoms with Crippen LogP contribution in [0.2, 0.25) is 0 Å². The molecule has 0 spiro atoms. The highest BCUT2D eigenvalue weighted by Crippen LogP contribution is 2.17. The zero-order valence-electron chi connectivity index (χ0n) is 7.51. The molecule has 1 nitrogen and oxygen atoms in total. The molecule has 1 N–H and O–H groups in total. The van der Waals surface area contributed by atoms with Crippen molar-refractivity contribution in [3.05, 3.63) is 29.8 Å². The van der Waals surface area contributed by atoms with Gasteiger partial charge in [0.25, 0.3) is 0 Å². The minimum Gasteiger partial charge on any atom is -0.507 e. The Hall–Kier alpha value is -0.980. The Morgan fingerprint density at radius 2 is 2.25 bits per heavy atom. The number of hydrogen-bond donors (Lipinski definition) is 1. The number of aromatic hydroxyl groups is 1. The lowest BCUT2D eigenvalue weighted by molar-refractivity contribution is 0.465. The molecule has 65 valence electrons. The number of phenols is 1. The van der Waals surface area contributed by atoms with Crippen LogP contribution in [-0.4, -0.2) is 5.11 Å². The Bertz CT molecular complexity index is 230. The van der Waals surface area contributed by atoms with Crippen molar-refractivity contribution in [1.82, 2.24) is 0 Å². The maximum atomic E-state index is 9.35. The van der Waals surface area contributed by atoms with Crippen molar-refractivity contribution >= 4 is 0 Å². The van der Waals surface area contributed by atoms with Crippen molar-refractivity contribution in [3.8, 4) is 5.75 Å². The van der Waals surface area contributed by atoms with Gasteiger partial charge in [-0.2, -0.15) is 0 Å². The molecule has 12 heavy (non-hydrogen) atoms. The molecular weight excluding hydrogens is 148 g/mol. The largest absolute Gasteiger partial charge is 0.507 e. The van der Waals surface area contributed by atoms with Crippen LogP contribution in [0, 0.1) is 6.07 Å². The van der Waals surface area contributed by atoms with Gasteiger partial charge in [0.1, 0.15) is 5.75 Å². The number of unbranched alkanes of at least 4 members (excludes halogenated alkanes) is 2. The van der Waals surface area contributed by atoms with Gasteiger partial charge in [-0.25, -0.2) is 0 Å². The Balaban J connectivity index is 2.46. The van der Waals surface area contributed by atoms with Gasteiger partial charge in [-0.3, -0.25) is 0 Å². The summed E-state index contributed by atoms with van der Waals surface area (Å²) < 4.78 is 0. The summed E-state index contributed by atoms with van der Waals surface area (Å²) in [5, 5.41) is 9.35. The van der Waals surface area contributed by atoms with E-state index in [1.54, 1.807) is 6.07 Å². The molecule has 1 heteroatoms. The lowest BCUT2D eigenvalue weighted by Crippen LogP contribution is -1.85. The van der Waals surface area contributed by atoms with Crippen molar-refractivity contribution in [3.63, 3.8) is 0 Å². The van der Waals surface area contributed by atoms with Crippen LogP contribution in [0.4, 0.5) is 0 Å². The van der Waals surface area contributed by atoms with E-state index >= 15 is 0 Å². The van der Waals surface area contributed by atoms with Crippen molar-refractivity contribution in [2.45, 2.75) is 32.6 Å². The summed E-state index contributed by atoms with van der Waals surface area (Å²) in [6.45, 7) is 2.18. The Kier molecular flexibility index (Phi) is 3.65. The molecule has 0 saturated carbocycles. The van der Waals surface area contributed by atoms with Gasteiger partial charge in [0, 0.05) is 6.07 Å². The average molecular weight is 163 g/mol. The minimum atomic E-state index is 0.314. The molecule has 1 aromatic rings. The predicted molar refractivity (Wildman–Crippen MR) is 50.2 cm³/mol. The average Bonchev–Trinajstić information content (AvgIpc) is 2.09. The Morgan fingerprint density at radius 3 is 2.92 bits per heavy atom. The fraction of sp³-hybridized carbons (Fsp3) is 0.455. The topological polar surface area (TPSA) is 20.2 Å². The lowest BCUT2D eigenvalue weighted by atomic mass is 10.1. The van der Waals surface area contributed by atoms with Crippen molar-refractivity contribution < 1.29 is 5.11 Å². The molecule has 1 aromatic carbocycles. The van der Waals surface area contributed by atoms with Crippen LogP contribution in [0.5, 0.6) is 5.75 Å². The lowest BCUT2D eigenvalue weighted by Gasteiger charge is -2.01. The Morgan fingerprint density at radius 1 is 1.42 bits per heavy atom. The standard InChI is InChI=1S/C11H15O/c1-2-3-4-7-10-8-5-6-9-11(10)12/h5-6,8,12H,2-4,7H2,1H3. The first-order valence-corrected chi connectivity index (χ1v) is 4.53. The van der Waals surface area contributed by atoms with Gasteiger partial charge in [0.2, 0.25) is 0 Å². The quantitative estimate of drug-likeness (QED) is 0.676. The monoisotopic (exact) mass is 163 g/mol. The molecule has 0 fully saturated rings. The first-order chi connectivity index (χ1) is 5.84. The SMILES string of the molecule is CCCCCc1ccc[c]c1O. The molecule has 0 unspecified atom stereocenters. The third-order valence-electron chi connectivity index (χ3n) is 1.97. The van der Waals surface area contributed by atoms with Crippen LogP contribution in [-0.2, 0) is 6.42 Å². The summed E-state index contributed by atoms with van der Waals surface area (Å²) >= 11 is 0. The van der Waals surface area contributed by atoms with E-state index in [9.17, 15) is 5.11 Å². The van der Waals surface area contributed by atoms with Gasteiger partial charge < -0.3 is 5.11 Å². The van der Waals surface area contributed by atoms with E-state index in [2.05, 4.69) is 13.0 Å². The fourth-order valence-electron chi connectivity index (χ4n) is 1.23. The highest BCUT2D eigenvalue weighted by molar-refractivity contribution is 5.30. The van der Waals surface area contributed by atoms with E-state index in [4.69, 9.17) is 0 Å². The van der Waals surface area contributed by atoms with Crippen LogP contribution in [0.1, 0.15) is 31.7 Å². The summed E-state index contributed by atoms with van der Waals surface area (Å²) in [5.41, 5.74) is 1.02. The predicted octanol–water partition coefficient (Wildman–Crippen LogP) is 2.93. The first-order valence-electron chi connectivity index (χ1n) is 4.53. The van der Waals surface area contributed by atoms with E-state index in [0.29, 0.717) is 5.75 Å². The van der Waals surface area contributed by atoms with E-state index < -0.39 is 0 Å². The zero-order valence-corrected chi connectivity index (χ0v) is 7.51. The van der Waals surface area contributed by atoms with Crippen molar-refractivity contribution in [2.24, 2.45) is 0 Å². The molecule has 0 aliphatic heterocycles. The first kappa shape index (κ1) is 9.11. The number of aryl methyl sites for hydroxylation is 1. The number of phenolic OH excluding ortho intramolecular Hbond substituents is 1. The second-order valence-corrected chi connectivity index (χ2v) is 3.00. The fourth-order valence-corrected chi connectivity index (χ4v) is 1.23. The van der Waals surface area contributed by atoms with E-state index in [0.717, 1.165) is 18.4 Å². The van der Waals surface area contributed by atoms with Gasteiger partial charge in [-0.15, -0.1) is 0 Å². The molecule has 0 atom stereocenters. The van der Waals surface area contributed by atoms with Crippen molar-refractivity contribution in [1.29, 1.82) is 0 Å². The van der Waals surface area contributed by atoms with Crippen LogP contribution >= 0.6 is 0 Å². The van der Waals surface area contributed by atoms with E-state index in [1.807, 2.05) is 12.1 Å². The van der Waals surface area contributed by atoms with Crippen LogP contribution in [0.15, 0.2) is 18.2 Å². The van der Waals surface area contributed by atoms with Gasteiger partial charge in [-0.05, 0) is 18.4 Å². The number of benzene rings is 1. The zero-order chi connectivity index (χ0) is 8.81. The summed E-state index contributed by atoms with van der Waals surface area (Å²) in [7, 11) is 0. The maximum absolute atomic E-state index is 9.35. The number of rotatable bonds is 4. The normalized spacial score (nSPS) is 10.1. The second-order valence-electron chi connectivity index (χ2n) is 3.00. The van der Waals surface area contributed by atoms with Gasteiger partial charge in [0.05, 0.1) is 0 Å². The van der Waals surface area contributed by atoms with Crippen molar-refractivity contribution in [2.75, 3.05) is 0 Å². The van der Waals surface area contributed by atoms with Crippen LogP contribution in [0.3, 0.4) is 0 Å². The molecule has 0 aromatic heterocycles. The van der Waals surface area contributed by atoms with Gasteiger partial charge in [-0.1, -0.05) is 38.0 Å². The third kappa shape index (κ3) is 2.57. The third-order valence-corrected chi connectivity index (χ3v) is 1.97. The maximum Gasteiger partial charge on any atom is 0.126 e. The molecule has 1 radical (unpaired) electrons. The molecule has 0 aliphatic rings. The van der Waals surface area contributed by atoms with Gasteiger partial charge in [0.15, 0.2) is 0 Å². The Labute approximate surface area is 74.1 Å². The van der Waals surface area contributed by atoms with E-state index in [-0.39, 0.29) is 0 Å². The molecule has 1 rings (SSSR count). The number of hydrogen-bond acceptors (Lipinski definition) is 1. The van der Waals surface area contributed by atoms with Crippen LogP contribution < -0.4 is 0 Å². The highest BCUT2D eigenvalue weighted by Gasteiger charge is 1.97. The smallest absolute Gasteiger partial charge is 0.126 e. The number of para-hydroxylation sites is 1. The summed E-state index contributed by atoms with van der Waals surface area (Å²) in [6.07, 6.45) is 4.57. The highest BCUT2D eigenvalue weighted by atomic mass is 16.3. The molecule has 0 aliphatic carbocycles. The second kappa shape index (κ2) is 4.81. The summed E-state index contributed by atoms with van der Waals surface area (Å²) in [5.74, 6) is 0.314. The molecule has 0 amide bonds. The molecular formula is C11H15O. The van der Waals surface area contributed by atoms with Gasteiger partial charge >= 0.3 is 0 Å². The summed E-state index contributed by atoms with van der Waals surface area (Å²) in [6, 6.07) is 8.39. The van der Waals surface area contributed by atoms with E-state index in [1.165, 1.54) is 12.8 Å². The molecule has 0 heterocycles. The van der Waals surface area contributed by atoms with Crippen LogP contribution in [0.25, 0.3) is 0 Å². The molecule has 0 saturated heterocycles. The molecule has 0 bridgehead atoms. The summed E-state index contributed by atoms with van der Waals surface area (Å²) in [4.78, 5) is 0. The minimum absolute atomic E-state index is 0.314.